The molecule has 0 aliphatic heterocycles. The average Bonchev–Trinajstić information content (AvgIpc) is 3.14. The molecule has 0 radical (unpaired) electrons. The Labute approximate surface area is 149 Å². The molecule has 0 saturated heterocycles. The third kappa shape index (κ3) is 4.39. The maximum Gasteiger partial charge on any atom is 0.276 e. The molecule has 2 aromatic carbocycles. The highest BCUT2D eigenvalue weighted by Gasteiger charge is 2.09. The van der Waals surface area contributed by atoms with E-state index in [0.717, 1.165) is 17.6 Å². The number of hydrogen-bond donors (Lipinski definition) is 0. The number of carbonyl (C=O) groups excluding carboxylic acids is 1. The Bertz CT molecular complexity index is 833. The smallest absolute Gasteiger partial charge is 0.276 e. The van der Waals surface area contributed by atoms with Crippen molar-refractivity contribution in [2.75, 3.05) is 19.5 Å². The van der Waals surface area contributed by atoms with Crippen molar-refractivity contribution in [1.29, 1.82) is 0 Å². The van der Waals surface area contributed by atoms with Gasteiger partial charge in [0, 0.05) is 11.3 Å². The number of hydrogen-bond acceptors (Lipinski definition) is 7. The SMILES string of the molecule is COc1ccc(-c2nnc(SCCOc3ccccc3C=O)o2)cc1. The largest absolute Gasteiger partial charge is 0.497 e. The van der Waals surface area contributed by atoms with E-state index in [4.69, 9.17) is 13.9 Å². The molecule has 0 N–H and O–H groups in total. The molecule has 1 heterocycles. The topological polar surface area (TPSA) is 74.5 Å². The van der Waals surface area contributed by atoms with Gasteiger partial charge in [-0.25, -0.2) is 0 Å². The maximum absolute atomic E-state index is 10.9. The van der Waals surface area contributed by atoms with E-state index in [1.54, 1.807) is 25.3 Å². The van der Waals surface area contributed by atoms with Gasteiger partial charge in [0.25, 0.3) is 5.22 Å². The fourth-order valence-electron chi connectivity index (χ4n) is 2.11. The van der Waals surface area contributed by atoms with E-state index in [1.807, 2.05) is 30.3 Å². The number of para-hydroxylation sites is 1. The summed E-state index contributed by atoms with van der Waals surface area (Å²) in [7, 11) is 1.62. The highest BCUT2D eigenvalue weighted by molar-refractivity contribution is 7.99. The van der Waals surface area contributed by atoms with Crippen LogP contribution < -0.4 is 9.47 Å². The molecule has 0 unspecified atom stereocenters. The van der Waals surface area contributed by atoms with E-state index in [9.17, 15) is 4.79 Å². The molecule has 0 aliphatic carbocycles. The van der Waals surface area contributed by atoms with Crippen molar-refractivity contribution in [3.05, 3.63) is 54.1 Å². The van der Waals surface area contributed by atoms with Gasteiger partial charge in [-0.15, -0.1) is 10.2 Å². The summed E-state index contributed by atoms with van der Waals surface area (Å²) in [4.78, 5) is 10.9. The fourth-order valence-corrected chi connectivity index (χ4v) is 2.69. The van der Waals surface area contributed by atoms with Crippen LogP contribution in [-0.4, -0.2) is 36.0 Å². The first-order valence-electron chi connectivity index (χ1n) is 7.58. The van der Waals surface area contributed by atoms with Gasteiger partial charge in [0.2, 0.25) is 5.89 Å². The second kappa shape index (κ2) is 8.34. The molecule has 25 heavy (non-hydrogen) atoms. The highest BCUT2D eigenvalue weighted by atomic mass is 32.2. The molecular weight excluding hydrogens is 340 g/mol. The van der Waals surface area contributed by atoms with Crippen LogP contribution in [0.15, 0.2) is 58.2 Å². The Morgan fingerprint density at radius 3 is 2.68 bits per heavy atom. The monoisotopic (exact) mass is 356 g/mol. The van der Waals surface area contributed by atoms with Crippen molar-refractivity contribution in [3.8, 4) is 23.0 Å². The highest BCUT2D eigenvalue weighted by Crippen LogP contribution is 2.25. The van der Waals surface area contributed by atoms with E-state index in [2.05, 4.69) is 10.2 Å². The number of aldehydes is 1. The lowest BCUT2D eigenvalue weighted by Gasteiger charge is -2.06. The van der Waals surface area contributed by atoms with Crippen molar-refractivity contribution < 1.29 is 18.7 Å². The molecule has 0 atom stereocenters. The number of nitrogens with zero attached hydrogens (tertiary/aromatic N) is 2. The summed E-state index contributed by atoms with van der Waals surface area (Å²) >= 11 is 1.40. The normalized spacial score (nSPS) is 10.4. The number of aromatic nitrogens is 2. The van der Waals surface area contributed by atoms with Crippen molar-refractivity contribution >= 4 is 18.0 Å². The van der Waals surface area contributed by atoms with Crippen LogP contribution in [0.5, 0.6) is 11.5 Å². The zero-order valence-electron chi connectivity index (χ0n) is 13.5. The Hall–Kier alpha value is -2.80. The minimum Gasteiger partial charge on any atom is -0.497 e. The Morgan fingerprint density at radius 1 is 1.12 bits per heavy atom. The predicted octanol–water partition coefficient (Wildman–Crippen LogP) is 3.73. The number of ether oxygens (including phenoxy) is 2. The van der Waals surface area contributed by atoms with Crippen molar-refractivity contribution in [2.24, 2.45) is 0 Å². The third-order valence-corrected chi connectivity index (χ3v) is 4.14. The zero-order chi connectivity index (χ0) is 17.5. The van der Waals surface area contributed by atoms with E-state index in [-0.39, 0.29) is 0 Å². The summed E-state index contributed by atoms with van der Waals surface area (Å²) in [5, 5.41) is 8.53. The molecule has 0 fully saturated rings. The first-order chi connectivity index (χ1) is 12.3. The molecule has 7 heteroatoms. The molecule has 3 rings (SSSR count). The van der Waals surface area contributed by atoms with E-state index < -0.39 is 0 Å². The van der Waals surface area contributed by atoms with Crippen LogP contribution in [0.2, 0.25) is 0 Å². The summed E-state index contributed by atoms with van der Waals surface area (Å²) < 4.78 is 16.4. The third-order valence-electron chi connectivity index (χ3n) is 3.36. The molecule has 1 aromatic heterocycles. The van der Waals surface area contributed by atoms with Gasteiger partial charge in [0.15, 0.2) is 6.29 Å². The lowest BCUT2D eigenvalue weighted by atomic mass is 10.2. The van der Waals surface area contributed by atoms with Gasteiger partial charge in [0.05, 0.1) is 19.3 Å². The molecule has 0 aliphatic rings. The van der Waals surface area contributed by atoms with E-state index >= 15 is 0 Å². The van der Waals surface area contributed by atoms with Gasteiger partial charge in [0.1, 0.15) is 11.5 Å². The summed E-state index contributed by atoms with van der Waals surface area (Å²) in [6.07, 6.45) is 0.779. The first-order valence-corrected chi connectivity index (χ1v) is 8.56. The Morgan fingerprint density at radius 2 is 1.92 bits per heavy atom. The molecule has 128 valence electrons. The maximum atomic E-state index is 10.9. The molecule has 0 bridgehead atoms. The average molecular weight is 356 g/mol. The quantitative estimate of drug-likeness (QED) is 0.346. The van der Waals surface area contributed by atoms with E-state index in [0.29, 0.717) is 34.8 Å². The molecule has 0 spiro atoms. The number of carbonyl (C=O) groups is 1. The molecule has 0 saturated carbocycles. The van der Waals surface area contributed by atoms with Crippen LogP contribution in [0, 0.1) is 0 Å². The van der Waals surface area contributed by atoms with Gasteiger partial charge < -0.3 is 13.9 Å². The van der Waals surface area contributed by atoms with Gasteiger partial charge >= 0.3 is 0 Å². The molecular formula is C18H16N2O4S. The number of methoxy groups -OCH3 is 1. The van der Waals surface area contributed by atoms with Gasteiger partial charge in [-0.05, 0) is 36.4 Å². The lowest BCUT2D eigenvalue weighted by Crippen LogP contribution is -2.02. The first kappa shape index (κ1) is 17.0. The van der Waals surface area contributed by atoms with Crippen LogP contribution >= 0.6 is 11.8 Å². The van der Waals surface area contributed by atoms with Crippen LogP contribution in [0.25, 0.3) is 11.5 Å². The van der Waals surface area contributed by atoms with Crippen LogP contribution in [0.1, 0.15) is 10.4 Å². The summed E-state index contributed by atoms with van der Waals surface area (Å²) in [6.45, 7) is 0.426. The summed E-state index contributed by atoms with van der Waals surface area (Å²) in [5.41, 5.74) is 1.36. The molecule has 6 nitrogen and oxygen atoms in total. The zero-order valence-corrected chi connectivity index (χ0v) is 14.4. The van der Waals surface area contributed by atoms with Crippen molar-refractivity contribution in [1.82, 2.24) is 10.2 Å². The Balaban J connectivity index is 1.52. The van der Waals surface area contributed by atoms with Gasteiger partial charge in [-0.2, -0.15) is 0 Å². The summed E-state index contributed by atoms with van der Waals surface area (Å²) in [6, 6.07) is 14.5. The molecule has 0 amide bonds. The minimum atomic E-state index is 0.426. The fraction of sp³-hybridized carbons (Fsp3) is 0.167. The summed E-state index contributed by atoms with van der Waals surface area (Å²) in [5.74, 6) is 2.42. The van der Waals surface area contributed by atoms with Crippen molar-refractivity contribution in [2.45, 2.75) is 5.22 Å². The number of thioether (sulfide) groups is 1. The second-order valence-electron chi connectivity index (χ2n) is 4.95. The predicted molar refractivity (Wildman–Crippen MR) is 94.3 cm³/mol. The number of rotatable bonds is 8. The van der Waals surface area contributed by atoms with Crippen LogP contribution in [0.3, 0.4) is 0 Å². The van der Waals surface area contributed by atoms with Crippen molar-refractivity contribution in [3.63, 3.8) is 0 Å². The van der Waals surface area contributed by atoms with Crippen LogP contribution in [0.4, 0.5) is 0 Å². The van der Waals surface area contributed by atoms with E-state index in [1.165, 1.54) is 11.8 Å². The minimum absolute atomic E-state index is 0.426. The molecule has 3 aromatic rings. The lowest BCUT2D eigenvalue weighted by molar-refractivity contribution is 0.112. The second-order valence-corrected chi connectivity index (χ2v) is 6.00. The Kier molecular flexibility index (Phi) is 5.69. The number of benzene rings is 2. The van der Waals surface area contributed by atoms with Gasteiger partial charge in [-0.1, -0.05) is 23.9 Å². The van der Waals surface area contributed by atoms with Gasteiger partial charge in [-0.3, -0.25) is 4.79 Å². The standard InChI is InChI=1S/C18H16N2O4S/c1-22-15-8-6-13(7-9-15)17-19-20-18(24-17)25-11-10-23-16-5-3-2-4-14(16)12-21/h2-9,12H,10-11H2,1H3. The van der Waals surface area contributed by atoms with Crippen LogP contribution in [-0.2, 0) is 0 Å².